The molecule has 5 nitrogen and oxygen atoms in total. The van der Waals surface area contributed by atoms with Gasteiger partial charge in [0.25, 0.3) is 5.91 Å². The van der Waals surface area contributed by atoms with E-state index < -0.39 is 0 Å². The van der Waals surface area contributed by atoms with E-state index in [0.717, 1.165) is 35.3 Å². The second-order valence-electron chi connectivity index (χ2n) is 8.36. The fraction of sp³-hybridized carbons (Fsp3) is 0.269. The summed E-state index contributed by atoms with van der Waals surface area (Å²) >= 11 is 2.93. The normalized spacial score (nSPS) is 14.8. The molecule has 1 atom stereocenters. The highest BCUT2D eigenvalue weighted by molar-refractivity contribution is 8.00. The molecule has 0 bridgehead atoms. The fourth-order valence-electron chi connectivity index (χ4n) is 3.92. The third kappa shape index (κ3) is 5.65. The van der Waals surface area contributed by atoms with Crippen LogP contribution in [-0.2, 0) is 17.6 Å². The van der Waals surface area contributed by atoms with Crippen LogP contribution in [-0.4, -0.2) is 17.6 Å². The molecule has 0 saturated heterocycles. The molecule has 3 aromatic rings. The number of rotatable bonds is 6. The zero-order valence-corrected chi connectivity index (χ0v) is 20.2. The van der Waals surface area contributed by atoms with Crippen molar-refractivity contribution in [2.45, 2.75) is 38.0 Å². The van der Waals surface area contributed by atoms with Gasteiger partial charge in [-0.3, -0.25) is 9.59 Å². The van der Waals surface area contributed by atoms with Crippen molar-refractivity contribution in [3.8, 4) is 6.07 Å². The minimum absolute atomic E-state index is 0.141. The Morgan fingerprint density at radius 3 is 2.79 bits per heavy atom. The van der Waals surface area contributed by atoms with Gasteiger partial charge in [-0.1, -0.05) is 30.7 Å². The Bertz CT molecular complexity index is 1240. The van der Waals surface area contributed by atoms with Gasteiger partial charge >= 0.3 is 0 Å². The summed E-state index contributed by atoms with van der Waals surface area (Å²) in [5, 5.41) is 16.1. The lowest BCUT2D eigenvalue weighted by Crippen LogP contribution is -2.14. The predicted molar refractivity (Wildman–Crippen MR) is 135 cm³/mol. The fourth-order valence-corrected chi connectivity index (χ4v) is 6.05. The van der Waals surface area contributed by atoms with Crippen molar-refractivity contribution in [1.82, 2.24) is 0 Å². The Hall–Kier alpha value is -3.08. The van der Waals surface area contributed by atoms with Crippen LogP contribution in [0, 0.1) is 24.2 Å². The van der Waals surface area contributed by atoms with Crippen molar-refractivity contribution in [3.05, 3.63) is 75.7 Å². The number of thiophene rings is 1. The number of benzene rings is 2. The molecule has 0 saturated carbocycles. The Labute approximate surface area is 202 Å². The van der Waals surface area contributed by atoms with Gasteiger partial charge in [0.2, 0.25) is 5.91 Å². The zero-order chi connectivity index (χ0) is 23.4. The van der Waals surface area contributed by atoms with Crippen LogP contribution in [0.25, 0.3) is 0 Å². The molecule has 1 aliphatic rings. The van der Waals surface area contributed by atoms with Crippen LogP contribution in [0.15, 0.2) is 53.4 Å². The Morgan fingerprint density at radius 1 is 1.18 bits per heavy atom. The van der Waals surface area contributed by atoms with E-state index in [0.29, 0.717) is 27.7 Å². The molecule has 1 heterocycles. The number of nitrogens with zero attached hydrogens (tertiary/aromatic N) is 1. The first kappa shape index (κ1) is 23.1. The minimum Gasteiger partial charge on any atom is -0.322 e. The Kier molecular flexibility index (Phi) is 7.17. The smallest absolute Gasteiger partial charge is 0.255 e. The highest BCUT2D eigenvalue weighted by Gasteiger charge is 2.24. The summed E-state index contributed by atoms with van der Waals surface area (Å²) in [6.07, 6.45) is 2.96. The first-order valence-corrected chi connectivity index (χ1v) is 12.7. The molecule has 0 fully saturated rings. The van der Waals surface area contributed by atoms with Gasteiger partial charge in [-0.2, -0.15) is 5.26 Å². The molecule has 7 heteroatoms. The number of amides is 2. The molecule has 33 heavy (non-hydrogen) atoms. The van der Waals surface area contributed by atoms with Gasteiger partial charge < -0.3 is 10.6 Å². The second kappa shape index (κ2) is 10.2. The SMILES string of the molecule is Cc1cccc(C(=O)Nc2cccc(SCC(=O)Nc3sc4c(c3C#N)CCC(C)C4)c2)c1. The molecule has 0 spiro atoms. The third-order valence-electron chi connectivity index (χ3n) is 5.62. The number of hydrogen-bond acceptors (Lipinski definition) is 5. The number of hydrogen-bond donors (Lipinski definition) is 2. The molecule has 0 aliphatic heterocycles. The van der Waals surface area contributed by atoms with E-state index in [1.807, 2.05) is 49.4 Å². The summed E-state index contributed by atoms with van der Waals surface area (Å²) in [6, 6.07) is 17.2. The van der Waals surface area contributed by atoms with Crippen molar-refractivity contribution in [2.24, 2.45) is 5.92 Å². The van der Waals surface area contributed by atoms with Crippen LogP contribution in [0.4, 0.5) is 10.7 Å². The largest absolute Gasteiger partial charge is 0.322 e. The number of nitrogens with one attached hydrogen (secondary N) is 2. The maximum absolute atomic E-state index is 12.6. The van der Waals surface area contributed by atoms with Crippen LogP contribution in [0.2, 0.25) is 0 Å². The maximum atomic E-state index is 12.6. The first-order chi connectivity index (χ1) is 15.9. The zero-order valence-electron chi connectivity index (χ0n) is 18.6. The molecule has 1 unspecified atom stereocenters. The molecule has 1 aromatic heterocycles. The van der Waals surface area contributed by atoms with Crippen LogP contribution < -0.4 is 10.6 Å². The van der Waals surface area contributed by atoms with Gasteiger partial charge in [0, 0.05) is 21.0 Å². The van der Waals surface area contributed by atoms with E-state index in [-0.39, 0.29) is 17.6 Å². The van der Waals surface area contributed by atoms with E-state index in [9.17, 15) is 14.9 Å². The van der Waals surface area contributed by atoms with E-state index in [1.54, 1.807) is 6.07 Å². The van der Waals surface area contributed by atoms with E-state index >= 15 is 0 Å². The van der Waals surface area contributed by atoms with Crippen molar-refractivity contribution >= 4 is 45.6 Å². The van der Waals surface area contributed by atoms with Crippen LogP contribution in [0.1, 0.15) is 45.3 Å². The topological polar surface area (TPSA) is 82.0 Å². The quantitative estimate of drug-likeness (QED) is 0.426. The summed E-state index contributed by atoms with van der Waals surface area (Å²) in [7, 11) is 0. The molecule has 168 valence electrons. The maximum Gasteiger partial charge on any atom is 0.255 e. The van der Waals surface area contributed by atoms with Gasteiger partial charge in [0.15, 0.2) is 0 Å². The van der Waals surface area contributed by atoms with Crippen LogP contribution in [0.3, 0.4) is 0 Å². The number of aryl methyl sites for hydroxylation is 1. The molecular formula is C26H25N3O2S2. The second-order valence-corrected chi connectivity index (χ2v) is 10.5. The summed E-state index contributed by atoms with van der Waals surface area (Å²) in [6.45, 7) is 4.17. The molecule has 2 aromatic carbocycles. The summed E-state index contributed by atoms with van der Waals surface area (Å²) in [5.41, 5.74) is 4.05. The molecule has 0 radical (unpaired) electrons. The lowest BCUT2D eigenvalue weighted by molar-refractivity contribution is -0.113. The number of carbonyl (C=O) groups is 2. The van der Waals surface area contributed by atoms with Gasteiger partial charge in [0.1, 0.15) is 11.1 Å². The monoisotopic (exact) mass is 475 g/mol. The predicted octanol–water partition coefficient (Wildman–Crippen LogP) is 6.04. The molecule has 2 N–H and O–H groups in total. The first-order valence-electron chi connectivity index (χ1n) is 10.9. The van der Waals surface area contributed by atoms with E-state index in [2.05, 4.69) is 23.6 Å². The number of fused-ring (bicyclic) bond motifs is 1. The molecule has 4 rings (SSSR count). The average Bonchev–Trinajstić information content (AvgIpc) is 3.13. The lowest BCUT2D eigenvalue weighted by Gasteiger charge is -2.17. The lowest BCUT2D eigenvalue weighted by atomic mass is 9.89. The third-order valence-corrected chi connectivity index (χ3v) is 7.78. The van der Waals surface area contributed by atoms with Crippen molar-refractivity contribution < 1.29 is 9.59 Å². The van der Waals surface area contributed by atoms with E-state index in [4.69, 9.17) is 0 Å². The Balaban J connectivity index is 1.37. The summed E-state index contributed by atoms with van der Waals surface area (Å²) in [4.78, 5) is 27.2. The van der Waals surface area contributed by atoms with Gasteiger partial charge in [-0.15, -0.1) is 23.1 Å². The summed E-state index contributed by atoms with van der Waals surface area (Å²) in [5.74, 6) is 0.524. The van der Waals surface area contributed by atoms with Crippen LogP contribution >= 0.6 is 23.1 Å². The van der Waals surface area contributed by atoms with Crippen molar-refractivity contribution in [2.75, 3.05) is 16.4 Å². The highest BCUT2D eigenvalue weighted by Crippen LogP contribution is 2.39. The average molecular weight is 476 g/mol. The number of nitriles is 1. The van der Waals surface area contributed by atoms with E-state index in [1.165, 1.54) is 28.0 Å². The number of anilines is 2. The van der Waals surface area contributed by atoms with Crippen molar-refractivity contribution in [3.63, 3.8) is 0 Å². The van der Waals surface area contributed by atoms with Crippen molar-refractivity contribution in [1.29, 1.82) is 5.26 Å². The highest BCUT2D eigenvalue weighted by atomic mass is 32.2. The van der Waals surface area contributed by atoms with Crippen LogP contribution in [0.5, 0.6) is 0 Å². The van der Waals surface area contributed by atoms with Gasteiger partial charge in [-0.25, -0.2) is 0 Å². The van der Waals surface area contributed by atoms with Gasteiger partial charge in [-0.05, 0) is 68.0 Å². The minimum atomic E-state index is -0.168. The number of thioether (sulfide) groups is 1. The molecule has 1 aliphatic carbocycles. The standard InChI is InChI=1S/C26H25N3O2S2/c1-16-5-3-6-18(11-16)25(31)28-19-7-4-8-20(13-19)32-15-24(30)29-26-22(14-27)21-10-9-17(2)12-23(21)33-26/h3-8,11,13,17H,9-10,12,15H2,1-2H3,(H,28,31)(H,29,30). The molecular weight excluding hydrogens is 450 g/mol. The summed E-state index contributed by atoms with van der Waals surface area (Å²) < 4.78 is 0. The van der Waals surface area contributed by atoms with Gasteiger partial charge in [0.05, 0.1) is 11.3 Å². The number of carbonyl (C=O) groups excluding carboxylic acids is 2. The Morgan fingerprint density at radius 2 is 2.00 bits per heavy atom. The molecule has 2 amide bonds.